The molecule has 0 aliphatic carbocycles. The second-order valence-electron chi connectivity index (χ2n) is 5.06. The highest BCUT2D eigenvalue weighted by Crippen LogP contribution is 2.26. The molecule has 0 saturated carbocycles. The number of pyridine rings is 1. The number of rotatable bonds is 5. The van der Waals surface area contributed by atoms with Crippen molar-refractivity contribution in [3.63, 3.8) is 0 Å². The van der Waals surface area contributed by atoms with Gasteiger partial charge < -0.3 is 14.4 Å². The van der Waals surface area contributed by atoms with Crippen molar-refractivity contribution >= 4 is 5.91 Å². The minimum Gasteiger partial charge on any atom is -0.353 e. The van der Waals surface area contributed by atoms with Crippen LogP contribution in [-0.4, -0.2) is 48.9 Å². The zero-order valence-corrected chi connectivity index (χ0v) is 12.2. The van der Waals surface area contributed by atoms with Crippen molar-refractivity contribution in [1.29, 1.82) is 0 Å². The summed E-state index contributed by atoms with van der Waals surface area (Å²) >= 11 is 0. The van der Waals surface area contributed by atoms with Crippen molar-refractivity contribution in [3.8, 4) is 0 Å². The predicted octanol–water partition coefficient (Wildman–Crippen LogP) is 1.63. The summed E-state index contributed by atoms with van der Waals surface area (Å²) in [6, 6.07) is 3.90. The van der Waals surface area contributed by atoms with Gasteiger partial charge in [0.2, 0.25) is 5.91 Å². The highest BCUT2D eigenvalue weighted by atomic mass is 16.7. The summed E-state index contributed by atoms with van der Waals surface area (Å²) in [5, 5.41) is 0. The summed E-state index contributed by atoms with van der Waals surface area (Å²) in [4.78, 5) is 18.1. The Bertz CT molecular complexity index is 422. The number of aryl methyl sites for hydroxylation is 1. The van der Waals surface area contributed by atoms with Crippen LogP contribution < -0.4 is 0 Å². The molecule has 110 valence electrons. The number of carbonyl (C=O) groups is 1. The Balaban J connectivity index is 1.80. The summed E-state index contributed by atoms with van der Waals surface area (Å²) in [5.74, 6) is -0.315. The molecule has 5 heteroatoms. The number of likely N-dealkylation sites (tertiary alicyclic amines) is 1. The molecule has 0 unspecified atom stereocenters. The summed E-state index contributed by atoms with van der Waals surface area (Å²) in [6.45, 7) is 1.38. The van der Waals surface area contributed by atoms with E-state index in [-0.39, 0.29) is 5.91 Å². The number of piperidine rings is 1. The first-order valence-electron chi connectivity index (χ1n) is 6.96. The van der Waals surface area contributed by atoms with Crippen LogP contribution in [0.25, 0.3) is 0 Å². The third-order valence-corrected chi connectivity index (χ3v) is 4.00. The molecule has 0 atom stereocenters. The topological polar surface area (TPSA) is 51.7 Å². The molecule has 0 bridgehead atoms. The van der Waals surface area contributed by atoms with Crippen LogP contribution in [0, 0.1) is 0 Å². The van der Waals surface area contributed by atoms with Crippen LogP contribution in [0.5, 0.6) is 0 Å². The monoisotopic (exact) mass is 278 g/mol. The third kappa shape index (κ3) is 3.55. The third-order valence-electron chi connectivity index (χ3n) is 4.00. The molecule has 2 rings (SSSR count). The molecular formula is C15H22N2O3. The van der Waals surface area contributed by atoms with Gasteiger partial charge in [-0.25, -0.2) is 0 Å². The molecule has 1 aromatic heterocycles. The van der Waals surface area contributed by atoms with E-state index in [1.54, 1.807) is 26.6 Å². The largest absolute Gasteiger partial charge is 0.353 e. The number of carbonyl (C=O) groups excluding carboxylic acids is 1. The van der Waals surface area contributed by atoms with E-state index in [0.29, 0.717) is 19.5 Å². The Morgan fingerprint density at radius 2 is 1.85 bits per heavy atom. The molecule has 2 heterocycles. The van der Waals surface area contributed by atoms with Gasteiger partial charge in [-0.15, -0.1) is 0 Å². The summed E-state index contributed by atoms with van der Waals surface area (Å²) in [5.41, 5.74) is 1.15. The van der Waals surface area contributed by atoms with Crippen LogP contribution in [-0.2, 0) is 20.7 Å². The van der Waals surface area contributed by atoms with E-state index in [9.17, 15) is 4.79 Å². The number of amides is 1. The average molecular weight is 278 g/mol. The highest BCUT2D eigenvalue weighted by Gasteiger charge is 2.35. The van der Waals surface area contributed by atoms with Gasteiger partial charge >= 0.3 is 0 Å². The van der Waals surface area contributed by atoms with E-state index in [2.05, 4.69) is 4.98 Å². The molecule has 1 amide bonds. The zero-order valence-electron chi connectivity index (χ0n) is 12.2. The van der Waals surface area contributed by atoms with E-state index >= 15 is 0 Å². The Labute approximate surface area is 119 Å². The van der Waals surface area contributed by atoms with E-state index in [0.717, 1.165) is 24.8 Å². The maximum atomic E-state index is 12.2. The van der Waals surface area contributed by atoms with Gasteiger partial charge in [0, 0.05) is 59.0 Å². The zero-order chi connectivity index (χ0) is 14.4. The smallest absolute Gasteiger partial charge is 0.222 e. The first kappa shape index (κ1) is 14.9. The SMILES string of the molecule is COC1(OC)CCN(C(=O)CCc2ccncc2)CC1. The Hall–Kier alpha value is -1.46. The summed E-state index contributed by atoms with van der Waals surface area (Å²) in [6.07, 6.45) is 6.26. The van der Waals surface area contributed by atoms with Crippen molar-refractivity contribution < 1.29 is 14.3 Å². The van der Waals surface area contributed by atoms with Gasteiger partial charge in [-0.05, 0) is 24.1 Å². The standard InChI is InChI=1S/C15H22N2O3/c1-19-15(20-2)7-11-17(12-8-15)14(18)4-3-13-5-9-16-10-6-13/h5-6,9-10H,3-4,7-8,11-12H2,1-2H3. The first-order chi connectivity index (χ1) is 9.69. The molecule has 1 fully saturated rings. The molecule has 0 aromatic carbocycles. The van der Waals surface area contributed by atoms with Crippen molar-refractivity contribution in [1.82, 2.24) is 9.88 Å². The molecule has 1 aromatic rings. The molecule has 0 spiro atoms. The fraction of sp³-hybridized carbons (Fsp3) is 0.600. The van der Waals surface area contributed by atoms with Gasteiger partial charge in [-0.2, -0.15) is 0 Å². The lowest BCUT2D eigenvalue weighted by Gasteiger charge is -2.39. The Kier molecular flexibility index (Phi) is 5.09. The normalized spacial score (nSPS) is 18.0. The molecule has 0 radical (unpaired) electrons. The van der Waals surface area contributed by atoms with Crippen LogP contribution in [0.15, 0.2) is 24.5 Å². The van der Waals surface area contributed by atoms with Gasteiger partial charge in [0.15, 0.2) is 5.79 Å². The predicted molar refractivity (Wildman–Crippen MR) is 75.1 cm³/mol. The quantitative estimate of drug-likeness (QED) is 0.768. The average Bonchev–Trinajstić information content (AvgIpc) is 2.53. The van der Waals surface area contributed by atoms with E-state index < -0.39 is 5.79 Å². The van der Waals surface area contributed by atoms with E-state index in [4.69, 9.17) is 9.47 Å². The van der Waals surface area contributed by atoms with Crippen molar-refractivity contribution in [2.75, 3.05) is 27.3 Å². The van der Waals surface area contributed by atoms with Crippen LogP contribution in [0.3, 0.4) is 0 Å². The lowest BCUT2D eigenvalue weighted by Crippen LogP contribution is -2.48. The van der Waals surface area contributed by atoms with Crippen LogP contribution in [0.2, 0.25) is 0 Å². The van der Waals surface area contributed by atoms with E-state index in [1.165, 1.54) is 0 Å². The molecule has 0 N–H and O–H groups in total. The Morgan fingerprint density at radius 1 is 1.25 bits per heavy atom. The molecule has 1 aliphatic rings. The molecule has 1 aliphatic heterocycles. The number of methoxy groups -OCH3 is 2. The molecule has 1 saturated heterocycles. The van der Waals surface area contributed by atoms with Gasteiger partial charge in [0.1, 0.15) is 0 Å². The van der Waals surface area contributed by atoms with E-state index in [1.807, 2.05) is 17.0 Å². The Morgan fingerprint density at radius 3 is 2.40 bits per heavy atom. The molecule has 20 heavy (non-hydrogen) atoms. The molecule has 5 nitrogen and oxygen atoms in total. The van der Waals surface area contributed by atoms with Crippen molar-refractivity contribution in [2.24, 2.45) is 0 Å². The number of aromatic nitrogens is 1. The van der Waals surface area contributed by atoms with Crippen molar-refractivity contribution in [2.45, 2.75) is 31.5 Å². The van der Waals surface area contributed by atoms with Gasteiger partial charge in [0.05, 0.1) is 0 Å². The second-order valence-corrected chi connectivity index (χ2v) is 5.06. The first-order valence-corrected chi connectivity index (χ1v) is 6.96. The fourth-order valence-electron chi connectivity index (χ4n) is 2.55. The van der Waals surface area contributed by atoms with Gasteiger partial charge in [-0.1, -0.05) is 0 Å². The van der Waals surface area contributed by atoms with Crippen LogP contribution >= 0.6 is 0 Å². The number of ether oxygens (including phenoxy) is 2. The van der Waals surface area contributed by atoms with Crippen LogP contribution in [0.1, 0.15) is 24.8 Å². The summed E-state index contributed by atoms with van der Waals surface area (Å²) in [7, 11) is 3.31. The van der Waals surface area contributed by atoms with Crippen LogP contribution in [0.4, 0.5) is 0 Å². The lowest BCUT2D eigenvalue weighted by atomic mass is 10.0. The second kappa shape index (κ2) is 6.81. The molecular weight excluding hydrogens is 256 g/mol. The summed E-state index contributed by atoms with van der Waals surface area (Å²) < 4.78 is 10.8. The number of hydrogen-bond acceptors (Lipinski definition) is 4. The highest BCUT2D eigenvalue weighted by molar-refractivity contribution is 5.76. The van der Waals surface area contributed by atoms with Crippen molar-refractivity contribution in [3.05, 3.63) is 30.1 Å². The number of hydrogen-bond donors (Lipinski definition) is 0. The van der Waals surface area contributed by atoms with Gasteiger partial charge in [0.25, 0.3) is 0 Å². The maximum absolute atomic E-state index is 12.2. The maximum Gasteiger partial charge on any atom is 0.222 e. The lowest BCUT2D eigenvalue weighted by molar-refractivity contribution is -0.228. The number of nitrogens with zero attached hydrogens (tertiary/aromatic N) is 2. The fourth-order valence-corrected chi connectivity index (χ4v) is 2.55. The van der Waals surface area contributed by atoms with Gasteiger partial charge in [-0.3, -0.25) is 9.78 Å². The minimum atomic E-state index is -0.512. The minimum absolute atomic E-state index is 0.197.